The Labute approximate surface area is 418 Å². The smallest absolute Gasteiger partial charge is 0.410 e. The van der Waals surface area contributed by atoms with Crippen molar-refractivity contribution in [2.75, 3.05) is 66.3 Å². The van der Waals surface area contributed by atoms with E-state index in [1.807, 2.05) is 45.1 Å². The third kappa shape index (κ3) is 14.7. The minimum absolute atomic E-state index is 0.0728. The van der Waals surface area contributed by atoms with Gasteiger partial charge in [-0.1, -0.05) is 59.1 Å². The van der Waals surface area contributed by atoms with Gasteiger partial charge in [-0.3, -0.25) is 9.59 Å². The molecule has 0 aliphatic carbocycles. The van der Waals surface area contributed by atoms with E-state index >= 15 is 0 Å². The first-order valence-corrected chi connectivity index (χ1v) is 23.7. The lowest BCUT2D eigenvalue weighted by molar-refractivity contribution is -0.135. The normalized spacial score (nSPS) is 20.6. The lowest BCUT2D eigenvalue weighted by Crippen LogP contribution is -2.54. The van der Waals surface area contributed by atoms with Crippen LogP contribution in [-0.2, 0) is 14.3 Å². The van der Waals surface area contributed by atoms with E-state index in [1.165, 1.54) is 30.6 Å². The van der Waals surface area contributed by atoms with E-state index in [-0.39, 0.29) is 62.6 Å². The van der Waals surface area contributed by atoms with Gasteiger partial charge in [-0.05, 0) is 95.7 Å². The average molecular weight is 1030 g/mol. The maximum Gasteiger partial charge on any atom is 0.410 e. The molecule has 0 radical (unpaired) electrons. The van der Waals surface area contributed by atoms with Crippen LogP contribution >= 0.6 is 34.8 Å². The minimum Gasteiger partial charge on any atom is -0.444 e. The molecule has 0 bridgehead atoms. The van der Waals surface area contributed by atoms with E-state index in [4.69, 9.17) is 51.0 Å². The number of piperidine rings is 2. The van der Waals surface area contributed by atoms with Gasteiger partial charge in [0.05, 0.1) is 0 Å². The zero-order chi connectivity index (χ0) is 50.7. The molecule has 6 heterocycles. The lowest BCUT2D eigenvalue weighted by atomic mass is 10.0. The Morgan fingerprint density at radius 2 is 1.19 bits per heavy atom. The van der Waals surface area contributed by atoms with Crippen molar-refractivity contribution < 1.29 is 36.7 Å². The highest BCUT2D eigenvalue weighted by molar-refractivity contribution is 6.31. The molecule has 0 spiro atoms. The molecule has 23 heteroatoms. The van der Waals surface area contributed by atoms with Gasteiger partial charge in [0.2, 0.25) is 23.4 Å². The second kappa shape index (κ2) is 24.1. The summed E-state index contributed by atoms with van der Waals surface area (Å²) in [6.07, 6.45) is 13.9. The highest BCUT2D eigenvalue weighted by Crippen LogP contribution is 2.29. The monoisotopic (exact) mass is 1030 g/mol. The summed E-state index contributed by atoms with van der Waals surface area (Å²) in [5.74, 6) is -2.78. The largest absolute Gasteiger partial charge is 0.444 e. The molecule has 2 saturated heterocycles. The number of hydrogen-bond acceptors (Lipinski definition) is 13. The number of hydrogen-bond donors (Lipinski definition) is 4. The van der Waals surface area contributed by atoms with E-state index < -0.39 is 41.0 Å². The maximum atomic E-state index is 14.4. The summed E-state index contributed by atoms with van der Waals surface area (Å²) in [5, 5.41) is 6.49. The number of nitrogen functional groups attached to an aromatic ring is 2. The average Bonchev–Trinajstić information content (AvgIpc) is 3.59. The van der Waals surface area contributed by atoms with Crippen molar-refractivity contribution in [3.63, 3.8) is 0 Å². The number of anilines is 5. The van der Waals surface area contributed by atoms with Crippen LogP contribution in [0.15, 0.2) is 73.4 Å². The molecule has 4 aliphatic heterocycles. The van der Waals surface area contributed by atoms with Crippen LogP contribution in [0.4, 0.5) is 51.2 Å². The number of carbonyl (C=O) groups is 3. The topological polar surface area (TPSA) is 201 Å². The second-order valence-corrected chi connectivity index (χ2v) is 19.1. The molecule has 4 atom stereocenters. The quantitative estimate of drug-likeness (QED) is 0.0781. The Balaban J connectivity index is 0.000000195. The van der Waals surface area contributed by atoms with Gasteiger partial charge < -0.3 is 46.4 Å². The Bertz CT molecular complexity index is 2500. The summed E-state index contributed by atoms with van der Waals surface area (Å²) < 4.78 is 59.7. The van der Waals surface area contributed by atoms with Crippen LogP contribution in [0.2, 0.25) is 15.2 Å². The molecule has 8 rings (SSSR count). The van der Waals surface area contributed by atoms with Gasteiger partial charge in [0.15, 0.2) is 22.6 Å². The molecular weight excluding hydrogens is 979 g/mol. The minimum atomic E-state index is -0.765. The van der Waals surface area contributed by atoms with E-state index in [0.29, 0.717) is 63.5 Å². The fourth-order valence-electron chi connectivity index (χ4n) is 8.26. The Morgan fingerprint density at radius 1 is 0.686 bits per heavy atom. The number of aromatic nitrogens is 4. The van der Waals surface area contributed by atoms with Crippen LogP contribution < -0.4 is 27.0 Å². The fraction of sp³-hybridized carbons (Fsp3) is 0.426. The Morgan fingerprint density at radius 3 is 1.69 bits per heavy atom. The van der Waals surface area contributed by atoms with Crippen molar-refractivity contribution >= 4 is 81.5 Å². The van der Waals surface area contributed by atoms with Crippen molar-refractivity contribution in [1.82, 2.24) is 34.6 Å². The van der Waals surface area contributed by atoms with Crippen molar-refractivity contribution in [3.05, 3.63) is 112 Å². The van der Waals surface area contributed by atoms with Crippen LogP contribution in [0, 0.1) is 23.3 Å². The molecule has 16 nitrogen and oxygen atoms in total. The third-order valence-corrected chi connectivity index (χ3v) is 12.1. The number of amides is 3. The van der Waals surface area contributed by atoms with Gasteiger partial charge in [-0.2, -0.15) is 8.78 Å². The van der Waals surface area contributed by atoms with Gasteiger partial charge >= 0.3 is 6.09 Å². The predicted molar refractivity (Wildman–Crippen MR) is 262 cm³/mol. The van der Waals surface area contributed by atoms with Gasteiger partial charge in [0.25, 0.3) is 0 Å². The van der Waals surface area contributed by atoms with Crippen molar-refractivity contribution in [2.45, 2.75) is 89.1 Å². The number of nitrogens with one attached hydrogen (secondary N) is 2. The number of rotatable bonds is 7. The van der Waals surface area contributed by atoms with Gasteiger partial charge in [0.1, 0.15) is 42.0 Å². The summed E-state index contributed by atoms with van der Waals surface area (Å²) in [7, 11) is 0. The van der Waals surface area contributed by atoms with E-state index in [2.05, 4.69) is 30.6 Å². The summed E-state index contributed by atoms with van der Waals surface area (Å²) in [6.45, 7) is 8.55. The molecule has 70 heavy (non-hydrogen) atoms. The maximum absolute atomic E-state index is 14.4. The number of carbonyl (C=O) groups excluding carboxylic acids is 3. The van der Waals surface area contributed by atoms with E-state index in [9.17, 15) is 31.9 Å². The zero-order valence-corrected chi connectivity index (χ0v) is 41.0. The molecule has 0 unspecified atom stereocenters. The first-order chi connectivity index (χ1) is 33.3. The number of benzene rings is 2. The molecule has 4 aromatic rings. The first-order valence-electron chi connectivity index (χ1n) is 22.5. The highest BCUT2D eigenvalue weighted by atomic mass is 35.5. The lowest BCUT2D eigenvalue weighted by Gasteiger charge is -2.40. The Hall–Kier alpha value is -6.12. The standard InChI is InChI=1S/C22H29ClFN3O3.C21H23ClF2N6O.C4H3ClFN3/c1-22(2,3)30-21(29)26-9-6-7-18(14-26)27-10-5-4-8-19(20(27)28)25-17-12-15(23)11-16(24)13-17;22-13-8-14(23)10-15(9-13)28-17-5-1-2-7-30(21(17)31)16-4-3-6-29(11-16)20-18(24)19(25)26-12-27-20;5-3-2(6)4(7)9-1-8-3/h4-5,11-13,18-19,25H,6-10,14H2,1-3H3;1-2,8-10,12,16-17,28H,3-7,11H2,(H2,25,26,27);1H,(H2,7,8,9)/t18-,19-;16-,17-;/m11./s1. The van der Waals surface area contributed by atoms with E-state index in [0.717, 1.165) is 32.0 Å². The van der Waals surface area contributed by atoms with Crippen LogP contribution in [0.3, 0.4) is 0 Å². The molecule has 4 aliphatic rings. The molecule has 0 saturated carbocycles. The molecule has 3 amide bonds. The summed E-state index contributed by atoms with van der Waals surface area (Å²) >= 11 is 17.1. The van der Waals surface area contributed by atoms with Crippen LogP contribution in [-0.4, -0.2) is 122 Å². The number of nitrogens with zero attached hydrogens (tertiary/aromatic N) is 8. The molecule has 2 aromatic carbocycles. The summed E-state index contributed by atoms with van der Waals surface area (Å²) in [6, 6.07) is 6.94. The van der Waals surface area contributed by atoms with Gasteiger partial charge in [-0.25, -0.2) is 33.5 Å². The van der Waals surface area contributed by atoms with Crippen molar-refractivity contribution in [2.24, 2.45) is 0 Å². The van der Waals surface area contributed by atoms with Gasteiger partial charge in [0, 0.05) is 72.8 Å². The van der Waals surface area contributed by atoms with Crippen molar-refractivity contribution in [3.8, 4) is 0 Å². The third-order valence-electron chi connectivity index (χ3n) is 11.4. The number of nitrogens with two attached hydrogens (primary N) is 2. The number of halogens is 7. The predicted octanol–water partition coefficient (Wildman–Crippen LogP) is 8.53. The summed E-state index contributed by atoms with van der Waals surface area (Å²) in [4.78, 5) is 60.6. The zero-order valence-electron chi connectivity index (χ0n) is 38.7. The van der Waals surface area contributed by atoms with Gasteiger partial charge in [-0.15, -0.1) is 0 Å². The Kier molecular flexibility index (Phi) is 18.4. The SMILES string of the molecule is CC(C)(C)OC(=O)N1CCC[C@@H](N2CC=CC[C@@H](Nc3cc(F)cc(Cl)c3)C2=O)C1.Nc1ncnc(Cl)c1F.Nc1ncnc(N2CCC[C@@H](N3CC=CC[C@@H](Nc4cc(F)cc(Cl)c4)C3=O)C2)c1F. The molecule has 376 valence electrons. The van der Waals surface area contributed by atoms with Crippen molar-refractivity contribution in [1.29, 1.82) is 0 Å². The first kappa shape index (κ1) is 53.2. The van der Waals surface area contributed by atoms with Crippen LogP contribution in [0.5, 0.6) is 0 Å². The van der Waals surface area contributed by atoms with E-state index in [1.54, 1.807) is 31.7 Å². The van der Waals surface area contributed by atoms with Crippen LogP contribution in [0.25, 0.3) is 0 Å². The molecule has 2 fully saturated rings. The second-order valence-electron chi connectivity index (χ2n) is 17.8. The summed E-state index contributed by atoms with van der Waals surface area (Å²) in [5.41, 5.74) is 10.9. The number of likely N-dealkylation sites (tertiary alicyclic amines) is 1. The molecule has 6 N–H and O–H groups in total. The fourth-order valence-corrected chi connectivity index (χ4v) is 8.84. The molecule has 2 aromatic heterocycles. The molecular formula is C47H55Cl3F4N12O4. The number of ether oxygens (including phenoxy) is 1. The highest BCUT2D eigenvalue weighted by Gasteiger charge is 2.36. The van der Waals surface area contributed by atoms with Crippen LogP contribution in [0.1, 0.15) is 59.3 Å².